The standard InChI is InChI=1S/C18H17FN2O5/c1-2-20(11-13-4-3-5-15(19)10-13)17(22)12-26-18(23)14-6-8-16(9-7-14)21(24)25/h3-10H,2,11-12H2,1H3. The van der Waals surface area contributed by atoms with Gasteiger partial charge >= 0.3 is 5.97 Å². The van der Waals surface area contributed by atoms with Crippen molar-refractivity contribution in [2.45, 2.75) is 13.5 Å². The lowest BCUT2D eigenvalue weighted by atomic mass is 10.2. The van der Waals surface area contributed by atoms with Gasteiger partial charge in [0, 0.05) is 25.2 Å². The summed E-state index contributed by atoms with van der Waals surface area (Å²) >= 11 is 0. The first-order chi connectivity index (χ1) is 12.4. The minimum atomic E-state index is -0.755. The Kier molecular flexibility index (Phi) is 6.37. The summed E-state index contributed by atoms with van der Waals surface area (Å²) in [6, 6.07) is 10.8. The van der Waals surface area contributed by atoms with Gasteiger partial charge in [0.05, 0.1) is 10.5 Å². The van der Waals surface area contributed by atoms with Gasteiger partial charge < -0.3 is 9.64 Å². The molecule has 136 valence electrons. The fourth-order valence-corrected chi connectivity index (χ4v) is 2.25. The molecule has 0 N–H and O–H groups in total. The maximum atomic E-state index is 13.2. The first-order valence-electron chi connectivity index (χ1n) is 7.84. The van der Waals surface area contributed by atoms with Gasteiger partial charge in [0.25, 0.3) is 11.6 Å². The molecule has 2 aromatic rings. The molecule has 0 radical (unpaired) electrons. The number of rotatable bonds is 7. The molecule has 0 aromatic heterocycles. The van der Waals surface area contributed by atoms with Gasteiger partial charge in [0.2, 0.25) is 0 Å². The SMILES string of the molecule is CCN(Cc1cccc(F)c1)C(=O)COC(=O)c1ccc([N+](=O)[O-])cc1. The number of non-ortho nitro benzene ring substituents is 1. The minimum Gasteiger partial charge on any atom is -0.452 e. The van der Waals surface area contributed by atoms with Crippen molar-refractivity contribution in [2.75, 3.05) is 13.2 Å². The number of benzene rings is 2. The van der Waals surface area contributed by atoms with Crippen LogP contribution in [0.5, 0.6) is 0 Å². The molecule has 2 rings (SSSR count). The Bertz CT molecular complexity index is 807. The van der Waals surface area contributed by atoms with Crippen molar-refractivity contribution in [1.82, 2.24) is 4.90 Å². The molecule has 0 aliphatic carbocycles. The maximum absolute atomic E-state index is 13.2. The summed E-state index contributed by atoms with van der Waals surface area (Å²) in [5, 5.41) is 10.6. The van der Waals surface area contributed by atoms with E-state index in [1.807, 2.05) is 0 Å². The van der Waals surface area contributed by atoms with Crippen molar-refractivity contribution in [3.63, 3.8) is 0 Å². The molecule has 0 aliphatic rings. The third-order valence-electron chi connectivity index (χ3n) is 3.64. The van der Waals surface area contributed by atoms with Crippen molar-refractivity contribution in [1.29, 1.82) is 0 Å². The summed E-state index contributed by atoms with van der Waals surface area (Å²) in [5.41, 5.74) is 0.586. The van der Waals surface area contributed by atoms with Crippen LogP contribution in [0.3, 0.4) is 0 Å². The van der Waals surface area contributed by atoms with Gasteiger partial charge in [-0.15, -0.1) is 0 Å². The van der Waals surface area contributed by atoms with E-state index in [0.717, 1.165) is 0 Å². The quantitative estimate of drug-likeness (QED) is 0.430. The molecule has 8 heteroatoms. The van der Waals surface area contributed by atoms with Crippen LogP contribution in [-0.2, 0) is 16.1 Å². The Morgan fingerprint density at radius 1 is 1.19 bits per heavy atom. The molecule has 0 fully saturated rings. The highest BCUT2D eigenvalue weighted by molar-refractivity contribution is 5.91. The number of hydrogen-bond acceptors (Lipinski definition) is 5. The van der Waals surface area contributed by atoms with E-state index in [1.54, 1.807) is 19.1 Å². The van der Waals surface area contributed by atoms with Crippen LogP contribution in [0.2, 0.25) is 0 Å². The van der Waals surface area contributed by atoms with E-state index >= 15 is 0 Å². The van der Waals surface area contributed by atoms with Crippen LogP contribution in [0.15, 0.2) is 48.5 Å². The number of nitrogens with zero attached hydrogens (tertiary/aromatic N) is 2. The van der Waals surface area contributed by atoms with Gasteiger partial charge in [-0.05, 0) is 36.8 Å². The Morgan fingerprint density at radius 3 is 2.46 bits per heavy atom. The number of ether oxygens (including phenoxy) is 1. The Labute approximate surface area is 149 Å². The average molecular weight is 360 g/mol. The highest BCUT2D eigenvalue weighted by atomic mass is 19.1. The number of esters is 1. The molecule has 2 aromatic carbocycles. The van der Waals surface area contributed by atoms with Gasteiger partial charge in [0.15, 0.2) is 6.61 Å². The van der Waals surface area contributed by atoms with Crippen molar-refractivity contribution < 1.29 is 23.6 Å². The maximum Gasteiger partial charge on any atom is 0.338 e. The molecule has 26 heavy (non-hydrogen) atoms. The number of hydrogen-bond donors (Lipinski definition) is 0. The summed E-state index contributed by atoms with van der Waals surface area (Å²) in [4.78, 5) is 35.6. The molecule has 0 aliphatic heterocycles. The fourth-order valence-electron chi connectivity index (χ4n) is 2.25. The fraction of sp³-hybridized carbons (Fsp3) is 0.222. The lowest BCUT2D eigenvalue weighted by Gasteiger charge is -2.21. The molecule has 0 saturated heterocycles. The summed E-state index contributed by atoms with van der Waals surface area (Å²) in [6.45, 7) is 1.85. The van der Waals surface area contributed by atoms with E-state index in [2.05, 4.69) is 0 Å². The number of halogens is 1. The number of carbonyl (C=O) groups is 2. The smallest absolute Gasteiger partial charge is 0.338 e. The zero-order valence-electron chi connectivity index (χ0n) is 14.1. The average Bonchev–Trinajstić information content (AvgIpc) is 2.64. The topological polar surface area (TPSA) is 89.8 Å². The molecule has 1 amide bonds. The van der Waals surface area contributed by atoms with E-state index < -0.39 is 29.2 Å². The van der Waals surface area contributed by atoms with Crippen molar-refractivity contribution in [3.05, 3.63) is 75.6 Å². The second-order valence-electron chi connectivity index (χ2n) is 5.42. The van der Waals surface area contributed by atoms with Crippen LogP contribution < -0.4 is 0 Å². The number of nitro groups is 1. The second kappa shape index (κ2) is 8.70. The molecule has 7 nitrogen and oxygen atoms in total. The van der Waals surface area contributed by atoms with E-state index in [1.165, 1.54) is 41.3 Å². The zero-order valence-corrected chi connectivity index (χ0v) is 14.1. The van der Waals surface area contributed by atoms with Crippen LogP contribution in [0.4, 0.5) is 10.1 Å². The van der Waals surface area contributed by atoms with Gasteiger partial charge in [0.1, 0.15) is 5.82 Å². The summed E-state index contributed by atoms with van der Waals surface area (Å²) in [6.07, 6.45) is 0. The highest BCUT2D eigenvalue weighted by Gasteiger charge is 2.16. The monoisotopic (exact) mass is 360 g/mol. The molecule has 0 bridgehead atoms. The van der Waals surface area contributed by atoms with E-state index in [9.17, 15) is 24.1 Å². The van der Waals surface area contributed by atoms with E-state index in [0.29, 0.717) is 12.1 Å². The zero-order chi connectivity index (χ0) is 19.1. The van der Waals surface area contributed by atoms with Crippen molar-refractivity contribution in [3.8, 4) is 0 Å². The Morgan fingerprint density at radius 2 is 1.88 bits per heavy atom. The van der Waals surface area contributed by atoms with Gasteiger partial charge in [-0.3, -0.25) is 14.9 Å². The number of amides is 1. The summed E-state index contributed by atoms with van der Waals surface area (Å²) < 4.78 is 18.2. The van der Waals surface area contributed by atoms with E-state index in [-0.39, 0.29) is 17.8 Å². The molecule has 0 atom stereocenters. The van der Waals surface area contributed by atoms with Gasteiger partial charge in [-0.25, -0.2) is 9.18 Å². The number of likely N-dealkylation sites (N-methyl/N-ethyl adjacent to an activating group) is 1. The number of carbonyl (C=O) groups excluding carboxylic acids is 2. The third kappa shape index (κ3) is 5.10. The first-order valence-corrected chi connectivity index (χ1v) is 7.84. The first kappa shape index (κ1) is 19.0. The Hall–Kier alpha value is -3.29. The second-order valence-corrected chi connectivity index (χ2v) is 5.42. The third-order valence-corrected chi connectivity index (χ3v) is 3.64. The molecular formula is C18H17FN2O5. The predicted molar refractivity (Wildman–Crippen MR) is 90.9 cm³/mol. The predicted octanol–water partition coefficient (Wildman–Crippen LogP) is 2.94. The van der Waals surface area contributed by atoms with Crippen molar-refractivity contribution >= 4 is 17.6 Å². The molecule has 0 saturated carbocycles. The normalized spacial score (nSPS) is 10.2. The Balaban J connectivity index is 1.93. The number of nitro benzene ring substituents is 1. The highest BCUT2D eigenvalue weighted by Crippen LogP contribution is 2.13. The van der Waals surface area contributed by atoms with Crippen LogP contribution >= 0.6 is 0 Å². The largest absolute Gasteiger partial charge is 0.452 e. The molecule has 0 spiro atoms. The molecule has 0 heterocycles. The van der Waals surface area contributed by atoms with Crippen LogP contribution in [-0.4, -0.2) is 34.9 Å². The van der Waals surface area contributed by atoms with E-state index in [4.69, 9.17) is 4.74 Å². The lowest BCUT2D eigenvalue weighted by Crippen LogP contribution is -2.34. The summed E-state index contributed by atoms with van der Waals surface area (Å²) in [5.74, 6) is -1.57. The summed E-state index contributed by atoms with van der Waals surface area (Å²) in [7, 11) is 0. The van der Waals surface area contributed by atoms with Gasteiger partial charge in [-0.1, -0.05) is 12.1 Å². The molecule has 0 unspecified atom stereocenters. The van der Waals surface area contributed by atoms with Gasteiger partial charge in [-0.2, -0.15) is 0 Å². The van der Waals surface area contributed by atoms with Crippen molar-refractivity contribution in [2.24, 2.45) is 0 Å². The van der Waals surface area contributed by atoms with Crippen LogP contribution in [0, 0.1) is 15.9 Å². The van der Waals surface area contributed by atoms with Crippen LogP contribution in [0.25, 0.3) is 0 Å². The molecular weight excluding hydrogens is 343 g/mol. The lowest BCUT2D eigenvalue weighted by molar-refractivity contribution is -0.384. The van der Waals surface area contributed by atoms with Crippen LogP contribution in [0.1, 0.15) is 22.8 Å². The minimum absolute atomic E-state index is 0.108.